The largest absolute Gasteiger partial charge is 0.479 e. The molecule has 0 heterocycles. The fourth-order valence-electron chi connectivity index (χ4n) is 0.487. The van der Waals surface area contributed by atoms with Crippen molar-refractivity contribution in [1.82, 2.24) is 0 Å². The van der Waals surface area contributed by atoms with Crippen molar-refractivity contribution in [2.24, 2.45) is 5.73 Å². The average molecular weight is 149 g/mol. The molecule has 0 radical (unpaired) electrons. The van der Waals surface area contributed by atoms with Crippen LogP contribution in [0.5, 0.6) is 0 Å². The number of aliphatic hydroxyl groups is 2. The molecule has 0 aliphatic rings. The smallest absolute Gasteiger partial charge is 0.339 e. The Kier molecular flexibility index (Phi) is 2.77. The van der Waals surface area contributed by atoms with Crippen LogP contribution >= 0.6 is 0 Å². The van der Waals surface area contributed by atoms with Gasteiger partial charge in [-0.3, -0.25) is 0 Å². The second-order valence-corrected chi connectivity index (χ2v) is 2.03. The second-order valence-electron chi connectivity index (χ2n) is 2.03. The molecule has 2 atom stereocenters. The number of carbonyl (C=O) groups is 1. The summed E-state index contributed by atoms with van der Waals surface area (Å²) >= 11 is 0. The van der Waals surface area contributed by atoms with Crippen molar-refractivity contribution in [3.63, 3.8) is 0 Å². The lowest BCUT2D eigenvalue weighted by atomic mass is 10.00. The SMILES string of the molecule is CCC(O)(C(=O)O)C(N)O. The van der Waals surface area contributed by atoms with E-state index in [0.717, 1.165) is 0 Å². The Morgan fingerprint density at radius 2 is 2.20 bits per heavy atom. The molecular weight excluding hydrogens is 138 g/mol. The summed E-state index contributed by atoms with van der Waals surface area (Å²) < 4.78 is 0. The summed E-state index contributed by atoms with van der Waals surface area (Å²) in [5.74, 6) is -1.51. The van der Waals surface area contributed by atoms with E-state index in [1.54, 1.807) is 0 Å². The Morgan fingerprint density at radius 1 is 1.80 bits per heavy atom. The summed E-state index contributed by atoms with van der Waals surface area (Å²) in [4.78, 5) is 10.2. The fourth-order valence-corrected chi connectivity index (χ4v) is 0.487. The van der Waals surface area contributed by atoms with Crippen LogP contribution in [0.25, 0.3) is 0 Å². The highest BCUT2D eigenvalue weighted by Gasteiger charge is 2.39. The molecule has 5 heteroatoms. The van der Waals surface area contributed by atoms with E-state index in [0.29, 0.717) is 0 Å². The van der Waals surface area contributed by atoms with E-state index in [4.69, 9.17) is 21.1 Å². The van der Waals surface area contributed by atoms with E-state index < -0.39 is 17.8 Å². The van der Waals surface area contributed by atoms with Gasteiger partial charge in [0, 0.05) is 0 Å². The van der Waals surface area contributed by atoms with Crippen molar-refractivity contribution in [2.45, 2.75) is 25.2 Å². The first-order chi connectivity index (χ1) is 4.45. The number of nitrogens with two attached hydrogens (primary N) is 1. The third-order valence-electron chi connectivity index (χ3n) is 1.40. The minimum Gasteiger partial charge on any atom is -0.479 e. The molecule has 0 spiro atoms. The van der Waals surface area contributed by atoms with Crippen LogP contribution in [-0.4, -0.2) is 33.1 Å². The minimum atomic E-state index is -2.21. The molecule has 0 bridgehead atoms. The normalized spacial score (nSPS) is 19.6. The number of carboxylic acids is 1. The van der Waals surface area contributed by atoms with Crippen LogP contribution in [0.15, 0.2) is 0 Å². The van der Waals surface area contributed by atoms with Crippen molar-refractivity contribution in [2.75, 3.05) is 0 Å². The first-order valence-electron chi connectivity index (χ1n) is 2.84. The summed E-state index contributed by atoms with van der Waals surface area (Å²) in [6, 6.07) is 0. The molecule has 0 saturated carbocycles. The third kappa shape index (κ3) is 1.44. The van der Waals surface area contributed by atoms with Crippen LogP contribution in [0, 0.1) is 0 Å². The molecule has 60 valence electrons. The number of hydrogen-bond acceptors (Lipinski definition) is 4. The van der Waals surface area contributed by atoms with Crippen molar-refractivity contribution < 1.29 is 20.1 Å². The van der Waals surface area contributed by atoms with Gasteiger partial charge in [-0.25, -0.2) is 4.79 Å². The standard InChI is InChI=1S/C5H11NO4/c1-2-5(10,3(6)7)4(8)9/h3,7,10H,2,6H2,1H3,(H,8,9). The predicted octanol–water partition coefficient (Wildman–Crippen LogP) is -1.51. The number of rotatable bonds is 3. The molecule has 2 unspecified atom stereocenters. The zero-order chi connectivity index (χ0) is 8.36. The molecule has 10 heavy (non-hydrogen) atoms. The maximum absolute atomic E-state index is 10.2. The Morgan fingerprint density at radius 3 is 2.20 bits per heavy atom. The van der Waals surface area contributed by atoms with E-state index >= 15 is 0 Å². The molecule has 5 nitrogen and oxygen atoms in total. The van der Waals surface area contributed by atoms with E-state index in [2.05, 4.69) is 0 Å². The van der Waals surface area contributed by atoms with Gasteiger partial charge in [0.25, 0.3) is 0 Å². The molecule has 0 saturated heterocycles. The Balaban J connectivity index is 4.38. The fraction of sp³-hybridized carbons (Fsp3) is 0.800. The van der Waals surface area contributed by atoms with Crippen molar-refractivity contribution in [1.29, 1.82) is 0 Å². The van der Waals surface area contributed by atoms with Crippen LogP contribution < -0.4 is 5.73 Å². The van der Waals surface area contributed by atoms with Gasteiger partial charge < -0.3 is 21.1 Å². The maximum Gasteiger partial charge on any atom is 0.339 e. The first kappa shape index (κ1) is 9.35. The van der Waals surface area contributed by atoms with Gasteiger partial charge >= 0.3 is 5.97 Å². The summed E-state index contributed by atoms with van der Waals surface area (Å²) in [5, 5.41) is 25.9. The highest BCUT2D eigenvalue weighted by atomic mass is 16.4. The summed E-state index contributed by atoms with van der Waals surface area (Å²) in [6.07, 6.45) is -1.87. The lowest BCUT2D eigenvalue weighted by molar-refractivity contribution is -0.171. The van der Waals surface area contributed by atoms with E-state index in [9.17, 15) is 4.79 Å². The highest BCUT2D eigenvalue weighted by molar-refractivity contribution is 5.77. The van der Waals surface area contributed by atoms with Crippen molar-refractivity contribution >= 4 is 5.97 Å². The number of aliphatic hydroxyl groups excluding tert-OH is 1. The monoisotopic (exact) mass is 149 g/mol. The quantitative estimate of drug-likeness (QED) is 0.365. The minimum absolute atomic E-state index is 0.125. The molecule has 0 aromatic rings. The van der Waals surface area contributed by atoms with Gasteiger partial charge in [-0.1, -0.05) is 6.92 Å². The van der Waals surface area contributed by atoms with Crippen LogP contribution in [-0.2, 0) is 4.79 Å². The van der Waals surface area contributed by atoms with Crippen LogP contribution in [0.2, 0.25) is 0 Å². The number of carboxylic acid groups (broad SMARTS) is 1. The topological polar surface area (TPSA) is 104 Å². The lowest BCUT2D eigenvalue weighted by Gasteiger charge is -2.23. The first-order valence-corrected chi connectivity index (χ1v) is 2.84. The van der Waals surface area contributed by atoms with Gasteiger partial charge in [0.1, 0.15) is 6.23 Å². The second kappa shape index (κ2) is 2.96. The van der Waals surface area contributed by atoms with Gasteiger partial charge in [-0.2, -0.15) is 0 Å². The molecular formula is C5H11NO4. The third-order valence-corrected chi connectivity index (χ3v) is 1.40. The van der Waals surface area contributed by atoms with Crippen LogP contribution in [0.3, 0.4) is 0 Å². The van der Waals surface area contributed by atoms with Gasteiger partial charge in [0.2, 0.25) is 5.60 Å². The molecule has 0 aromatic carbocycles. The maximum atomic E-state index is 10.2. The van der Waals surface area contributed by atoms with Crippen molar-refractivity contribution in [3.8, 4) is 0 Å². The average Bonchev–Trinajstić information content (AvgIpc) is 1.85. The summed E-state index contributed by atoms with van der Waals surface area (Å²) in [5.41, 5.74) is 2.60. The van der Waals surface area contributed by atoms with Crippen LogP contribution in [0.1, 0.15) is 13.3 Å². The van der Waals surface area contributed by atoms with Crippen molar-refractivity contribution in [3.05, 3.63) is 0 Å². The molecule has 0 amide bonds. The molecule has 0 aromatic heterocycles. The van der Waals surface area contributed by atoms with E-state index in [1.165, 1.54) is 6.92 Å². The Hall–Kier alpha value is -0.650. The zero-order valence-corrected chi connectivity index (χ0v) is 5.61. The highest BCUT2D eigenvalue weighted by Crippen LogP contribution is 2.11. The van der Waals surface area contributed by atoms with Gasteiger partial charge in [0.05, 0.1) is 0 Å². The Bertz CT molecular complexity index is 136. The number of aliphatic carboxylic acids is 1. The molecule has 0 aliphatic heterocycles. The van der Waals surface area contributed by atoms with Gasteiger partial charge in [-0.05, 0) is 6.42 Å². The lowest BCUT2D eigenvalue weighted by Crippen LogP contribution is -2.53. The molecule has 0 fully saturated rings. The number of hydrogen-bond donors (Lipinski definition) is 4. The van der Waals surface area contributed by atoms with Gasteiger partial charge in [-0.15, -0.1) is 0 Å². The zero-order valence-electron chi connectivity index (χ0n) is 5.61. The van der Waals surface area contributed by atoms with Crippen LogP contribution in [0.4, 0.5) is 0 Å². The van der Waals surface area contributed by atoms with Gasteiger partial charge in [0.15, 0.2) is 0 Å². The molecule has 0 aliphatic carbocycles. The predicted molar refractivity (Wildman–Crippen MR) is 33.1 cm³/mol. The Labute approximate surface area is 58.1 Å². The van der Waals surface area contributed by atoms with E-state index in [-0.39, 0.29) is 6.42 Å². The van der Waals surface area contributed by atoms with E-state index in [1.807, 2.05) is 0 Å². The summed E-state index contributed by atoms with van der Waals surface area (Å²) in [6.45, 7) is 1.42. The molecule has 0 rings (SSSR count). The summed E-state index contributed by atoms with van der Waals surface area (Å²) in [7, 11) is 0. The molecule has 5 N–H and O–H groups in total.